The van der Waals surface area contributed by atoms with Crippen molar-refractivity contribution in [3.8, 4) is 11.3 Å². The second kappa shape index (κ2) is 6.70. The van der Waals surface area contributed by atoms with Gasteiger partial charge in [0.05, 0.1) is 22.4 Å². The van der Waals surface area contributed by atoms with Gasteiger partial charge in [-0.05, 0) is 29.8 Å². The second-order valence-electron chi connectivity index (χ2n) is 6.67. The molecule has 3 aromatic heterocycles. The molecule has 0 radical (unpaired) electrons. The Kier molecular flexibility index (Phi) is 3.91. The quantitative estimate of drug-likeness (QED) is 0.514. The Morgan fingerprint density at radius 2 is 1.57 bits per heavy atom. The first-order valence-electron chi connectivity index (χ1n) is 9.08. The van der Waals surface area contributed by atoms with Crippen molar-refractivity contribution in [1.82, 2.24) is 19.9 Å². The highest BCUT2D eigenvalue weighted by Gasteiger charge is 2.11. The molecule has 28 heavy (non-hydrogen) atoms. The summed E-state index contributed by atoms with van der Waals surface area (Å²) >= 11 is 0. The van der Waals surface area contributed by atoms with Crippen LogP contribution in [0.1, 0.15) is 11.3 Å². The Morgan fingerprint density at radius 3 is 2.46 bits per heavy atom. The lowest BCUT2D eigenvalue weighted by Crippen LogP contribution is -2.03. The highest BCUT2D eigenvalue weighted by atomic mass is 15.0. The zero-order chi connectivity index (χ0) is 18.9. The largest absolute Gasteiger partial charge is 0.368 e. The van der Waals surface area contributed by atoms with Gasteiger partial charge in [-0.3, -0.25) is 4.98 Å². The van der Waals surface area contributed by atoms with Gasteiger partial charge in [-0.15, -0.1) is 0 Å². The van der Waals surface area contributed by atoms with Gasteiger partial charge in [-0.2, -0.15) is 0 Å². The molecule has 0 amide bonds. The van der Waals surface area contributed by atoms with Gasteiger partial charge in [-0.25, -0.2) is 15.0 Å². The first-order chi connectivity index (χ1) is 13.8. The smallest absolute Gasteiger partial charge is 0.220 e. The van der Waals surface area contributed by atoms with Crippen LogP contribution in [0.4, 0.5) is 5.95 Å². The van der Waals surface area contributed by atoms with Crippen LogP contribution in [-0.2, 0) is 6.42 Å². The van der Waals surface area contributed by atoms with E-state index in [-0.39, 0.29) is 5.95 Å². The third kappa shape index (κ3) is 3.03. The number of hydrogen-bond acceptors (Lipinski definition) is 5. The molecule has 5 nitrogen and oxygen atoms in total. The molecule has 0 fully saturated rings. The number of nitrogen functional groups attached to an aromatic ring is 1. The molecule has 0 aliphatic rings. The summed E-state index contributed by atoms with van der Waals surface area (Å²) in [5.41, 5.74) is 12.2. The molecule has 0 spiro atoms. The lowest BCUT2D eigenvalue weighted by molar-refractivity contribution is 1.06. The van der Waals surface area contributed by atoms with Crippen molar-refractivity contribution in [2.75, 3.05) is 5.73 Å². The number of anilines is 1. The summed E-state index contributed by atoms with van der Waals surface area (Å²) in [6.07, 6.45) is 2.50. The molecule has 0 saturated carbocycles. The van der Waals surface area contributed by atoms with Crippen molar-refractivity contribution in [2.45, 2.75) is 6.42 Å². The molecule has 0 aliphatic carbocycles. The summed E-state index contributed by atoms with van der Waals surface area (Å²) in [5, 5.41) is 1.08. The second-order valence-corrected chi connectivity index (χ2v) is 6.67. The Bertz CT molecular complexity index is 1300. The average Bonchev–Trinajstić information content (AvgIpc) is 2.74. The van der Waals surface area contributed by atoms with Crippen molar-refractivity contribution in [3.05, 3.63) is 90.3 Å². The molecular weight excluding hydrogens is 346 g/mol. The molecule has 2 N–H and O–H groups in total. The predicted molar refractivity (Wildman–Crippen MR) is 112 cm³/mol. The maximum absolute atomic E-state index is 5.93. The fraction of sp³-hybridized carbons (Fsp3) is 0.0435. The number of hydrogen-bond donors (Lipinski definition) is 1. The van der Waals surface area contributed by atoms with Crippen LogP contribution in [-0.4, -0.2) is 19.9 Å². The third-order valence-corrected chi connectivity index (χ3v) is 4.73. The first-order valence-corrected chi connectivity index (χ1v) is 9.08. The number of para-hydroxylation sites is 1. The molecule has 0 bridgehead atoms. The summed E-state index contributed by atoms with van der Waals surface area (Å²) in [7, 11) is 0. The Hall–Kier alpha value is -3.86. The van der Waals surface area contributed by atoms with Crippen LogP contribution in [0.3, 0.4) is 0 Å². The van der Waals surface area contributed by atoms with E-state index in [9.17, 15) is 0 Å². The van der Waals surface area contributed by atoms with Gasteiger partial charge in [0.2, 0.25) is 5.95 Å². The zero-order valence-corrected chi connectivity index (χ0v) is 15.1. The van der Waals surface area contributed by atoms with Gasteiger partial charge >= 0.3 is 0 Å². The van der Waals surface area contributed by atoms with E-state index in [4.69, 9.17) is 10.7 Å². The van der Waals surface area contributed by atoms with Crippen molar-refractivity contribution in [1.29, 1.82) is 0 Å². The number of pyridine rings is 2. The molecule has 134 valence electrons. The summed E-state index contributed by atoms with van der Waals surface area (Å²) in [6, 6.07) is 24.2. The maximum Gasteiger partial charge on any atom is 0.220 e. The monoisotopic (exact) mass is 363 g/mol. The van der Waals surface area contributed by atoms with E-state index in [1.54, 1.807) is 0 Å². The van der Waals surface area contributed by atoms with Gasteiger partial charge < -0.3 is 5.73 Å². The zero-order valence-electron chi connectivity index (χ0n) is 15.1. The minimum atomic E-state index is 0.264. The number of nitrogens with zero attached hydrogens (tertiary/aromatic N) is 4. The fourth-order valence-electron chi connectivity index (χ4n) is 3.38. The minimum Gasteiger partial charge on any atom is -0.368 e. The molecule has 0 saturated heterocycles. The number of aromatic nitrogens is 4. The summed E-state index contributed by atoms with van der Waals surface area (Å²) < 4.78 is 0. The van der Waals surface area contributed by atoms with Gasteiger partial charge in [0, 0.05) is 23.6 Å². The SMILES string of the molecule is Nc1nc(Cc2ccccc2)c2nc(-c3cnc4ccccc4c3)ccc2n1. The fourth-order valence-corrected chi connectivity index (χ4v) is 3.38. The average molecular weight is 363 g/mol. The van der Waals surface area contributed by atoms with E-state index >= 15 is 0 Å². The number of rotatable bonds is 3. The summed E-state index contributed by atoms with van der Waals surface area (Å²) in [6.45, 7) is 0. The highest BCUT2D eigenvalue weighted by Crippen LogP contribution is 2.25. The Balaban J connectivity index is 1.64. The molecule has 0 atom stereocenters. The molecule has 3 heterocycles. The molecular formula is C23H17N5. The van der Waals surface area contributed by atoms with Crippen molar-refractivity contribution < 1.29 is 0 Å². The highest BCUT2D eigenvalue weighted by molar-refractivity contribution is 5.85. The molecule has 0 aliphatic heterocycles. The van der Waals surface area contributed by atoms with E-state index in [1.807, 2.05) is 54.7 Å². The summed E-state index contributed by atoms with van der Waals surface area (Å²) in [4.78, 5) is 18.2. The molecule has 2 aromatic carbocycles. The van der Waals surface area contributed by atoms with E-state index in [0.717, 1.165) is 44.5 Å². The lowest BCUT2D eigenvalue weighted by atomic mass is 10.1. The Labute approximate surface area is 161 Å². The van der Waals surface area contributed by atoms with Gasteiger partial charge in [0.25, 0.3) is 0 Å². The van der Waals surface area contributed by atoms with Crippen LogP contribution in [0.15, 0.2) is 79.0 Å². The van der Waals surface area contributed by atoms with E-state index < -0.39 is 0 Å². The van der Waals surface area contributed by atoms with Crippen LogP contribution in [0.5, 0.6) is 0 Å². The predicted octanol–water partition coefficient (Wildman–Crippen LogP) is 4.41. The lowest BCUT2D eigenvalue weighted by Gasteiger charge is -2.09. The van der Waals surface area contributed by atoms with Crippen LogP contribution >= 0.6 is 0 Å². The van der Waals surface area contributed by atoms with Crippen molar-refractivity contribution >= 4 is 27.9 Å². The van der Waals surface area contributed by atoms with E-state index in [0.29, 0.717) is 6.42 Å². The third-order valence-electron chi connectivity index (χ3n) is 4.73. The van der Waals surface area contributed by atoms with Crippen molar-refractivity contribution in [3.63, 3.8) is 0 Å². The van der Waals surface area contributed by atoms with Gasteiger partial charge in [0.1, 0.15) is 5.52 Å². The molecule has 5 rings (SSSR count). The van der Waals surface area contributed by atoms with Crippen LogP contribution in [0.2, 0.25) is 0 Å². The van der Waals surface area contributed by atoms with Gasteiger partial charge in [0.15, 0.2) is 0 Å². The molecule has 5 heteroatoms. The maximum atomic E-state index is 5.93. The normalized spacial score (nSPS) is 11.1. The van der Waals surface area contributed by atoms with Crippen LogP contribution in [0, 0.1) is 0 Å². The van der Waals surface area contributed by atoms with Crippen LogP contribution < -0.4 is 5.73 Å². The first kappa shape index (κ1) is 16.3. The van der Waals surface area contributed by atoms with Crippen LogP contribution in [0.25, 0.3) is 33.2 Å². The summed E-state index contributed by atoms with van der Waals surface area (Å²) in [5.74, 6) is 0.264. The Morgan fingerprint density at radius 1 is 0.750 bits per heavy atom. The molecule has 0 unspecified atom stereocenters. The van der Waals surface area contributed by atoms with E-state index in [1.165, 1.54) is 0 Å². The van der Waals surface area contributed by atoms with Crippen molar-refractivity contribution in [2.24, 2.45) is 0 Å². The van der Waals surface area contributed by atoms with E-state index in [2.05, 4.69) is 39.2 Å². The number of benzene rings is 2. The minimum absolute atomic E-state index is 0.264. The number of nitrogens with two attached hydrogens (primary N) is 1. The standard InChI is InChI=1S/C23H17N5/c24-23-27-20-11-10-19(17-13-16-8-4-5-9-18(16)25-14-17)26-22(20)21(28-23)12-15-6-2-1-3-7-15/h1-11,13-14H,12H2,(H2,24,27,28). The molecule has 5 aromatic rings. The van der Waals surface area contributed by atoms with Gasteiger partial charge in [-0.1, -0.05) is 48.5 Å². The number of fused-ring (bicyclic) bond motifs is 2. The topological polar surface area (TPSA) is 77.6 Å².